The van der Waals surface area contributed by atoms with Gasteiger partial charge < -0.3 is 50.0 Å². The molecule has 0 saturated carbocycles. The van der Waals surface area contributed by atoms with E-state index in [1.807, 2.05) is 0 Å². The van der Waals surface area contributed by atoms with Crippen LogP contribution in [0.3, 0.4) is 0 Å². The average Bonchev–Trinajstić information content (AvgIpc) is 2.74. The normalized spacial score (nSPS) is 28.2. The van der Waals surface area contributed by atoms with Crippen molar-refractivity contribution in [1.29, 1.82) is 0 Å². The number of rotatable bonds is 3. The summed E-state index contributed by atoms with van der Waals surface area (Å²) in [5.74, 6) is -4.61. The zero-order chi connectivity index (χ0) is 23.4. The smallest absolute Gasteiger partial charge is 0.230 e. The summed E-state index contributed by atoms with van der Waals surface area (Å²) in [6, 6.07) is 7.04. The number of phenols is 3. The van der Waals surface area contributed by atoms with Gasteiger partial charge in [0.1, 0.15) is 64.0 Å². The van der Waals surface area contributed by atoms with Crippen LogP contribution in [0.1, 0.15) is 5.56 Å². The topological polar surface area (TPSA) is 201 Å². The van der Waals surface area contributed by atoms with Crippen LogP contribution in [0.15, 0.2) is 45.6 Å². The zero-order valence-electron chi connectivity index (χ0n) is 16.3. The molecule has 2 aromatic carbocycles. The van der Waals surface area contributed by atoms with Crippen LogP contribution in [0.25, 0.3) is 22.3 Å². The van der Waals surface area contributed by atoms with Gasteiger partial charge in [-0.2, -0.15) is 0 Å². The molecular formula is C21H20O11. The van der Waals surface area contributed by atoms with Crippen molar-refractivity contribution in [2.24, 2.45) is 0 Å². The maximum Gasteiger partial charge on any atom is 0.230 e. The van der Waals surface area contributed by atoms with Crippen LogP contribution in [-0.4, -0.2) is 71.9 Å². The van der Waals surface area contributed by atoms with Crippen molar-refractivity contribution < 1.29 is 50.0 Å². The van der Waals surface area contributed by atoms with Gasteiger partial charge in [-0.15, -0.1) is 0 Å². The van der Waals surface area contributed by atoms with E-state index < -0.39 is 64.7 Å². The molecule has 1 aliphatic heterocycles. The number of aromatic hydroxyl groups is 3. The lowest BCUT2D eigenvalue weighted by Crippen LogP contribution is -2.64. The van der Waals surface area contributed by atoms with Crippen LogP contribution < -0.4 is 5.43 Å². The molecule has 170 valence electrons. The molecule has 5 atom stereocenters. The summed E-state index contributed by atoms with van der Waals surface area (Å²) in [7, 11) is 0. The van der Waals surface area contributed by atoms with Gasteiger partial charge in [-0.05, 0) is 24.3 Å². The summed E-state index contributed by atoms with van der Waals surface area (Å²) in [6.45, 7) is -0.875. The van der Waals surface area contributed by atoms with E-state index in [-0.39, 0.29) is 22.7 Å². The average molecular weight is 448 g/mol. The number of hydrogen-bond acceptors (Lipinski definition) is 11. The maximum atomic E-state index is 13.4. The van der Waals surface area contributed by atoms with Crippen LogP contribution in [0.5, 0.6) is 17.2 Å². The number of benzene rings is 2. The quantitative estimate of drug-likeness (QED) is 0.249. The van der Waals surface area contributed by atoms with E-state index >= 15 is 0 Å². The summed E-state index contributed by atoms with van der Waals surface area (Å²) in [6.07, 6.45) is -7.67. The Bertz CT molecular complexity index is 1220. The molecule has 0 bridgehead atoms. The molecule has 11 heteroatoms. The summed E-state index contributed by atoms with van der Waals surface area (Å²) in [4.78, 5) is 13.4. The minimum Gasteiger partial charge on any atom is -0.508 e. The molecule has 0 spiro atoms. The van der Waals surface area contributed by atoms with Crippen LogP contribution >= 0.6 is 0 Å². The first-order chi connectivity index (χ1) is 15.1. The Morgan fingerprint density at radius 3 is 2.22 bits per heavy atom. The molecule has 3 aromatic rings. The molecule has 2 heterocycles. The minimum absolute atomic E-state index is 0.116. The molecule has 8 N–H and O–H groups in total. The fourth-order valence-electron chi connectivity index (χ4n) is 3.79. The Morgan fingerprint density at radius 2 is 1.59 bits per heavy atom. The van der Waals surface area contributed by atoms with Gasteiger partial charge in [0.15, 0.2) is 0 Å². The van der Waals surface area contributed by atoms with Crippen molar-refractivity contribution in [3.05, 3.63) is 52.2 Å². The molecular weight excluding hydrogens is 428 g/mol. The summed E-state index contributed by atoms with van der Waals surface area (Å²) in [5.41, 5.74) is -1.97. The first kappa shape index (κ1) is 22.0. The first-order valence-electron chi connectivity index (χ1n) is 9.46. The van der Waals surface area contributed by atoms with Gasteiger partial charge >= 0.3 is 0 Å². The highest BCUT2D eigenvalue weighted by Gasteiger charge is 2.56. The molecule has 11 nitrogen and oxygen atoms in total. The van der Waals surface area contributed by atoms with E-state index in [2.05, 4.69) is 0 Å². The Hall–Kier alpha value is -3.19. The van der Waals surface area contributed by atoms with E-state index in [4.69, 9.17) is 9.15 Å². The van der Waals surface area contributed by atoms with E-state index in [0.29, 0.717) is 0 Å². The minimum atomic E-state index is -2.99. The van der Waals surface area contributed by atoms with Crippen LogP contribution in [0.2, 0.25) is 0 Å². The summed E-state index contributed by atoms with van der Waals surface area (Å²) < 4.78 is 11.0. The van der Waals surface area contributed by atoms with Gasteiger partial charge in [0, 0.05) is 17.7 Å². The number of fused-ring (bicyclic) bond motifs is 1. The Kier molecular flexibility index (Phi) is 5.33. The molecule has 0 amide bonds. The molecule has 0 aliphatic carbocycles. The number of hydrogen-bond donors (Lipinski definition) is 8. The second-order valence-electron chi connectivity index (χ2n) is 7.48. The van der Waals surface area contributed by atoms with E-state index in [0.717, 1.165) is 12.1 Å². The zero-order valence-corrected chi connectivity index (χ0v) is 16.3. The lowest BCUT2D eigenvalue weighted by molar-refractivity contribution is -0.358. The van der Waals surface area contributed by atoms with Crippen molar-refractivity contribution in [1.82, 2.24) is 0 Å². The molecule has 4 rings (SSSR count). The van der Waals surface area contributed by atoms with Crippen molar-refractivity contribution in [3.8, 4) is 28.6 Å². The van der Waals surface area contributed by atoms with Crippen LogP contribution in [0.4, 0.5) is 0 Å². The largest absolute Gasteiger partial charge is 0.508 e. The van der Waals surface area contributed by atoms with Crippen molar-refractivity contribution in [2.45, 2.75) is 30.2 Å². The third-order valence-corrected chi connectivity index (χ3v) is 5.41. The lowest BCUT2D eigenvalue weighted by Gasteiger charge is -2.45. The van der Waals surface area contributed by atoms with Gasteiger partial charge in [-0.3, -0.25) is 4.79 Å². The predicted octanol–water partition coefficient (Wildman–Crippen LogP) is -0.804. The third-order valence-electron chi connectivity index (χ3n) is 5.41. The van der Waals surface area contributed by atoms with E-state index in [1.54, 1.807) is 0 Å². The van der Waals surface area contributed by atoms with Crippen molar-refractivity contribution in [3.63, 3.8) is 0 Å². The number of ether oxygens (including phenoxy) is 1. The molecule has 1 unspecified atom stereocenters. The highest BCUT2D eigenvalue weighted by atomic mass is 16.7. The van der Waals surface area contributed by atoms with Crippen LogP contribution in [-0.2, 0) is 10.5 Å². The van der Waals surface area contributed by atoms with Crippen LogP contribution in [0, 0.1) is 0 Å². The number of aliphatic hydroxyl groups is 5. The van der Waals surface area contributed by atoms with Gasteiger partial charge in [-0.1, -0.05) is 0 Å². The Labute approximate surface area is 179 Å². The number of phenolic OH excluding ortho intramolecular Hbond substituents is 3. The second-order valence-corrected chi connectivity index (χ2v) is 7.48. The molecule has 32 heavy (non-hydrogen) atoms. The van der Waals surface area contributed by atoms with Gasteiger partial charge in [0.05, 0.1) is 6.61 Å². The Balaban J connectivity index is 2.09. The number of aliphatic hydroxyl groups excluding tert-OH is 4. The maximum absolute atomic E-state index is 13.4. The fourth-order valence-corrected chi connectivity index (χ4v) is 3.79. The van der Waals surface area contributed by atoms with Gasteiger partial charge in [0.2, 0.25) is 11.2 Å². The van der Waals surface area contributed by atoms with Crippen molar-refractivity contribution >= 4 is 11.0 Å². The van der Waals surface area contributed by atoms with Gasteiger partial charge in [-0.25, -0.2) is 0 Å². The Morgan fingerprint density at radius 1 is 0.938 bits per heavy atom. The first-order valence-corrected chi connectivity index (χ1v) is 9.46. The highest BCUT2D eigenvalue weighted by Crippen LogP contribution is 2.42. The monoisotopic (exact) mass is 448 g/mol. The third kappa shape index (κ3) is 3.28. The second kappa shape index (κ2) is 7.74. The lowest BCUT2D eigenvalue weighted by atomic mass is 9.86. The molecule has 1 fully saturated rings. The SMILES string of the molecule is O=c1c(C2(O)O[C@H](CO)[C@@H](O)[C@H](O)[C@H]2O)c(-c2ccc(O)cc2)oc2cc(O)cc(O)c12. The standard InChI is InChI=1S/C21H20O11/c22-7-13-16(26)18(28)20(29)21(30,32-13)15-17(27)14-11(25)5-10(24)6-12(14)31-19(15)8-1-3-9(23)4-2-8/h1-6,13,16,18,20,22-26,28-30H,7H2/t13-,16-,18+,20-,21?/m1/s1. The van der Waals surface area contributed by atoms with Crippen molar-refractivity contribution in [2.75, 3.05) is 6.61 Å². The fraction of sp³-hybridized carbons (Fsp3) is 0.286. The molecule has 1 aromatic heterocycles. The van der Waals surface area contributed by atoms with Gasteiger partial charge in [0.25, 0.3) is 0 Å². The molecule has 1 aliphatic rings. The van der Waals surface area contributed by atoms with E-state index in [1.165, 1.54) is 24.3 Å². The highest BCUT2D eigenvalue weighted by molar-refractivity contribution is 5.87. The molecule has 1 saturated heterocycles. The summed E-state index contributed by atoms with van der Waals surface area (Å²) >= 11 is 0. The van der Waals surface area contributed by atoms with E-state index in [9.17, 15) is 45.6 Å². The predicted molar refractivity (Wildman–Crippen MR) is 107 cm³/mol. The molecule has 0 radical (unpaired) electrons. The summed E-state index contributed by atoms with van der Waals surface area (Å²) in [5, 5.41) is 80.7.